The van der Waals surface area contributed by atoms with Gasteiger partial charge in [0.15, 0.2) is 17.5 Å². The van der Waals surface area contributed by atoms with Gasteiger partial charge in [-0.25, -0.2) is 0 Å². The number of carbonyl (C=O) groups is 1. The Kier molecular flexibility index (Phi) is 7.90. The highest BCUT2D eigenvalue weighted by Crippen LogP contribution is 2.27. The first-order valence-corrected chi connectivity index (χ1v) is 10.2. The van der Waals surface area contributed by atoms with Crippen LogP contribution in [0.1, 0.15) is 17.2 Å². The van der Waals surface area contributed by atoms with Crippen LogP contribution in [0.25, 0.3) is 0 Å². The monoisotopic (exact) mass is 421 g/mol. The van der Waals surface area contributed by atoms with Crippen LogP contribution >= 0.6 is 0 Å². The highest BCUT2D eigenvalue weighted by Gasteiger charge is 2.24. The summed E-state index contributed by atoms with van der Waals surface area (Å²) in [5, 5.41) is 5.07. The number of ether oxygens (including phenoxy) is 3. The number of quaternary nitrogens is 1. The van der Waals surface area contributed by atoms with E-state index in [1.165, 1.54) is 0 Å². The van der Waals surface area contributed by atoms with Crippen LogP contribution in [0.15, 0.2) is 72.8 Å². The highest BCUT2D eigenvalue weighted by molar-refractivity contribution is 5.94. The highest BCUT2D eigenvalue weighted by atomic mass is 16.5. The molecule has 3 rings (SSSR count). The van der Waals surface area contributed by atoms with Gasteiger partial charge in [-0.3, -0.25) is 4.79 Å². The number of methoxy groups -OCH3 is 3. The number of hydrogen-bond donors (Lipinski definition) is 2. The Bertz CT molecular complexity index is 992. The smallest absolute Gasteiger partial charge is 0.287 e. The molecule has 0 aromatic heterocycles. The van der Waals surface area contributed by atoms with Gasteiger partial charge in [-0.1, -0.05) is 42.5 Å². The largest absolute Gasteiger partial charge is 0.497 e. The topological polar surface area (TPSA) is 73.4 Å². The number of nitrogens with two attached hydrogens (primary N) is 1. The van der Waals surface area contributed by atoms with Gasteiger partial charge in [-0.05, 0) is 29.8 Å². The van der Waals surface area contributed by atoms with E-state index in [-0.39, 0.29) is 11.9 Å². The van der Waals surface area contributed by atoms with Crippen molar-refractivity contribution in [2.45, 2.75) is 12.5 Å². The van der Waals surface area contributed by atoms with Gasteiger partial charge in [0.25, 0.3) is 5.91 Å². The first-order valence-electron chi connectivity index (χ1n) is 10.2. The van der Waals surface area contributed by atoms with Crippen molar-refractivity contribution in [3.05, 3.63) is 83.9 Å². The van der Waals surface area contributed by atoms with Crippen LogP contribution in [0.2, 0.25) is 0 Å². The Labute approximate surface area is 183 Å². The average molecular weight is 422 g/mol. The van der Waals surface area contributed by atoms with Crippen LogP contribution in [0.4, 0.5) is 5.69 Å². The van der Waals surface area contributed by atoms with E-state index in [9.17, 15) is 4.79 Å². The van der Waals surface area contributed by atoms with Crippen molar-refractivity contribution in [1.82, 2.24) is 0 Å². The maximum atomic E-state index is 13.1. The minimum Gasteiger partial charge on any atom is -0.497 e. The molecule has 0 saturated carbocycles. The molecule has 162 valence electrons. The minimum absolute atomic E-state index is 0.0771. The van der Waals surface area contributed by atoms with Gasteiger partial charge in [-0.15, -0.1) is 0 Å². The fraction of sp³-hybridized carbons (Fsp3) is 0.240. The number of carbonyl (C=O) groups excluding carboxylic acids is 1. The lowest BCUT2D eigenvalue weighted by Crippen LogP contribution is -2.87. The zero-order valence-corrected chi connectivity index (χ0v) is 18.1. The Morgan fingerprint density at radius 3 is 2.35 bits per heavy atom. The lowest BCUT2D eigenvalue weighted by Gasteiger charge is -2.17. The van der Waals surface area contributed by atoms with Crippen LogP contribution in [-0.4, -0.2) is 33.8 Å². The first-order chi connectivity index (χ1) is 15.1. The second kappa shape index (κ2) is 11.0. The third kappa shape index (κ3) is 5.99. The molecule has 0 radical (unpaired) electrons. The Balaban J connectivity index is 1.70. The summed E-state index contributed by atoms with van der Waals surface area (Å²) in [6.45, 7) is 0.737. The average Bonchev–Trinajstić information content (AvgIpc) is 2.82. The molecular formula is C25H29N2O4+. The molecule has 0 aliphatic heterocycles. The lowest BCUT2D eigenvalue weighted by atomic mass is 10.0. The van der Waals surface area contributed by atoms with Gasteiger partial charge in [0.2, 0.25) is 0 Å². The number of amides is 1. The summed E-state index contributed by atoms with van der Waals surface area (Å²) >= 11 is 0. The van der Waals surface area contributed by atoms with Crippen molar-refractivity contribution in [3.63, 3.8) is 0 Å². The molecule has 31 heavy (non-hydrogen) atoms. The van der Waals surface area contributed by atoms with Crippen molar-refractivity contribution < 1.29 is 24.3 Å². The minimum atomic E-state index is -0.368. The van der Waals surface area contributed by atoms with Crippen LogP contribution in [0.3, 0.4) is 0 Å². The zero-order chi connectivity index (χ0) is 22.1. The van der Waals surface area contributed by atoms with E-state index >= 15 is 0 Å². The molecule has 1 atom stereocenters. The Morgan fingerprint density at radius 1 is 0.871 bits per heavy atom. The third-order valence-corrected chi connectivity index (χ3v) is 5.06. The number of nitrogens with one attached hydrogen (secondary N) is 1. The maximum absolute atomic E-state index is 13.1. The quantitative estimate of drug-likeness (QED) is 0.527. The first kappa shape index (κ1) is 22.2. The molecule has 3 aromatic carbocycles. The van der Waals surface area contributed by atoms with E-state index in [4.69, 9.17) is 14.2 Å². The summed E-state index contributed by atoms with van der Waals surface area (Å²) in [6, 6.07) is 22.7. The number of hydrogen-bond acceptors (Lipinski definition) is 4. The van der Waals surface area contributed by atoms with Crippen LogP contribution in [-0.2, 0) is 11.2 Å². The van der Waals surface area contributed by atoms with Crippen molar-refractivity contribution in [2.75, 3.05) is 33.2 Å². The van der Waals surface area contributed by atoms with E-state index in [1.807, 2.05) is 72.8 Å². The van der Waals surface area contributed by atoms with E-state index in [0.717, 1.165) is 24.1 Å². The summed E-state index contributed by atoms with van der Waals surface area (Å²) in [6.07, 6.45) is 0.788. The molecule has 3 N–H and O–H groups in total. The molecule has 0 fully saturated rings. The van der Waals surface area contributed by atoms with Gasteiger partial charge in [0.05, 0.1) is 27.9 Å². The molecule has 3 aromatic rings. The summed E-state index contributed by atoms with van der Waals surface area (Å²) in [5.74, 6) is 2.03. The summed E-state index contributed by atoms with van der Waals surface area (Å²) in [5.41, 5.74) is 2.78. The predicted molar refractivity (Wildman–Crippen MR) is 121 cm³/mol. The van der Waals surface area contributed by atoms with Crippen LogP contribution in [0, 0.1) is 0 Å². The molecule has 0 saturated heterocycles. The number of rotatable bonds is 10. The Morgan fingerprint density at radius 2 is 1.65 bits per heavy atom. The molecule has 6 nitrogen and oxygen atoms in total. The van der Waals surface area contributed by atoms with Gasteiger partial charge < -0.3 is 24.8 Å². The van der Waals surface area contributed by atoms with Gasteiger partial charge in [-0.2, -0.15) is 0 Å². The normalized spacial score (nSPS) is 11.5. The summed E-state index contributed by atoms with van der Waals surface area (Å²) in [4.78, 5) is 13.1. The maximum Gasteiger partial charge on any atom is 0.287 e. The van der Waals surface area contributed by atoms with E-state index in [1.54, 1.807) is 21.3 Å². The van der Waals surface area contributed by atoms with Crippen LogP contribution in [0.5, 0.6) is 17.2 Å². The third-order valence-electron chi connectivity index (χ3n) is 5.06. The molecule has 6 heteroatoms. The number of benzene rings is 3. The van der Waals surface area contributed by atoms with E-state index in [0.29, 0.717) is 22.9 Å². The SMILES string of the molecule is COc1cccc(NC(=O)[C@@H]([NH2+]CCc2ccc(OC)c(OC)c2)c2ccccc2)c1. The zero-order valence-electron chi connectivity index (χ0n) is 18.1. The fourth-order valence-corrected chi connectivity index (χ4v) is 3.43. The summed E-state index contributed by atoms with van der Waals surface area (Å²) in [7, 11) is 4.86. The van der Waals surface area contributed by atoms with E-state index < -0.39 is 0 Å². The molecule has 0 bridgehead atoms. The molecule has 0 aliphatic rings. The molecule has 0 unspecified atom stereocenters. The molecule has 0 heterocycles. The lowest BCUT2D eigenvalue weighted by molar-refractivity contribution is -0.682. The van der Waals surface area contributed by atoms with Gasteiger partial charge in [0, 0.05) is 23.7 Å². The fourth-order valence-electron chi connectivity index (χ4n) is 3.43. The second-order valence-electron chi connectivity index (χ2n) is 7.07. The van der Waals surface area contributed by atoms with Crippen molar-refractivity contribution in [3.8, 4) is 17.2 Å². The Hall–Kier alpha value is -3.51. The molecule has 1 amide bonds. The summed E-state index contributed by atoms with van der Waals surface area (Å²) < 4.78 is 15.9. The number of anilines is 1. The standard InChI is InChI=1S/C25H28N2O4/c1-29-21-11-7-10-20(17-21)27-25(28)24(19-8-5-4-6-9-19)26-15-14-18-12-13-22(30-2)23(16-18)31-3/h4-13,16-17,24,26H,14-15H2,1-3H3,(H,27,28)/p+1/t24-/m0/s1. The van der Waals surface area contributed by atoms with E-state index in [2.05, 4.69) is 10.6 Å². The van der Waals surface area contributed by atoms with Gasteiger partial charge >= 0.3 is 0 Å². The van der Waals surface area contributed by atoms with Crippen molar-refractivity contribution in [1.29, 1.82) is 0 Å². The molecular weight excluding hydrogens is 392 g/mol. The van der Waals surface area contributed by atoms with Crippen molar-refractivity contribution >= 4 is 11.6 Å². The van der Waals surface area contributed by atoms with Gasteiger partial charge in [0.1, 0.15) is 5.75 Å². The van der Waals surface area contributed by atoms with Crippen molar-refractivity contribution in [2.24, 2.45) is 0 Å². The molecule has 0 aliphatic carbocycles. The molecule has 0 spiro atoms. The second-order valence-corrected chi connectivity index (χ2v) is 7.07. The predicted octanol–water partition coefficient (Wildman–Crippen LogP) is 3.20. The van der Waals surface area contributed by atoms with Crippen LogP contribution < -0.4 is 24.8 Å².